The van der Waals surface area contributed by atoms with Crippen molar-refractivity contribution >= 4 is 38.7 Å². The van der Waals surface area contributed by atoms with E-state index < -0.39 is 17.8 Å². The molecule has 1 heterocycles. The zero-order valence-corrected chi connectivity index (χ0v) is 10.4. The molecule has 1 aliphatic rings. The van der Waals surface area contributed by atoms with E-state index in [0.717, 1.165) is 0 Å². The quantitative estimate of drug-likeness (QED) is 0.913. The zero-order valence-electron chi connectivity index (χ0n) is 7.98. The third-order valence-corrected chi connectivity index (χ3v) is 3.81. The number of rotatable bonds is 2. The topological polar surface area (TPSA) is 49.7 Å². The van der Waals surface area contributed by atoms with Gasteiger partial charge in [0.2, 0.25) is 0 Å². The van der Waals surface area contributed by atoms with Gasteiger partial charge in [0.25, 0.3) is 0 Å². The fraction of sp³-hybridized carbons (Fsp3) is 0.200. The lowest BCUT2D eigenvalue weighted by Crippen LogP contribution is -2.17. The summed E-state index contributed by atoms with van der Waals surface area (Å²) in [7, 11) is 0. The molecular weight excluding hydrogens is 297 g/mol. The van der Waals surface area contributed by atoms with Crippen LogP contribution in [0, 0.1) is 5.82 Å². The van der Waals surface area contributed by atoms with Gasteiger partial charge >= 0.3 is 5.97 Å². The lowest BCUT2D eigenvalue weighted by atomic mass is 10.2. The van der Waals surface area contributed by atoms with E-state index in [2.05, 4.69) is 20.9 Å². The Balaban J connectivity index is 2.36. The van der Waals surface area contributed by atoms with E-state index in [9.17, 15) is 9.18 Å². The van der Waals surface area contributed by atoms with Crippen LogP contribution in [0.25, 0.3) is 0 Å². The minimum Gasteiger partial charge on any atom is -0.480 e. The predicted molar refractivity (Wildman–Crippen MR) is 64.5 cm³/mol. The van der Waals surface area contributed by atoms with Crippen molar-refractivity contribution in [2.75, 3.05) is 5.75 Å². The van der Waals surface area contributed by atoms with Crippen molar-refractivity contribution in [1.29, 1.82) is 0 Å². The van der Waals surface area contributed by atoms with Crippen molar-refractivity contribution in [2.45, 2.75) is 6.04 Å². The normalized spacial score (nSPS) is 19.6. The smallest absolute Gasteiger partial charge is 0.329 e. The number of carboxylic acid groups (broad SMARTS) is 1. The molecule has 0 amide bonds. The van der Waals surface area contributed by atoms with Gasteiger partial charge in [-0.15, -0.1) is 11.8 Å². The largest absolute Gasteiger partial charge is 0.480 e. The Hall–Kier alpha value is -0.880. The van der Waals surface area contributed by atoms with Crippen molar-refractivity contribution in [2.24, 2.45) is 4.99 Å². The summed E-state index contributed by atoms with van der Waals surface area (Å²) in [6.45, 7) is 0. The van der Waals surface area contributed by atoms with E-state index in [1.165, 1.54) is 11.8 Å². The molecular formula is C10H7BrFNO2S. The van der Waals surface area contributed by atoms with Gasteiger partial charge in [-0.05, 0) is 28.1 Å². The highest BCUT2D eigenvalue weighted by Gasteiger charge is 2.26. The highest BCUT2D eigenvalue weighted by molar-refractivity contribution is 9.10. The van der Waals surface area contributed by atoms with Gasteiger partial charge in [-0.1, -0.05) is 6.07 Å². The summed E-state index contributed by atoms with van der Waals surface area (Å²) in [5, 5.41) is 9.23. The van der Waals surface area contributed by atoms with Crippen LogP contribution in [0.1, 0.15) is 5.56 Å². The zero-order chi connectivity index (χ0) is 11.7. The van der Waals surface area contributed by atoms with Gasteiger partial charge in [-0.25, -0.2) is 9.18 Å². The summed E-state index contributed by atoms with van der Waals surface area (Å²) in [5.41, 5.74) is 0.350. The van der Waals surface area contributed by atoms with Crippen LogP contribution in [0.15, 0.2) is 27.7 Å². The molecule has 1 aliphatic heterocycles. The van der Waals surface area contributed by atoms with Crippen molar-refractivity contribution in [3.05, 3.63) is 34.1 Å². The standard InChI is InChI=1S/C10H7BrFNO2S/c11-6-3-1-2-5(8(6)12)9-13-7(4-16-9)10(14)15/h1-3,7H,4H2,(H,14,15). The second kappa shape index (κ2) is 4.55. The van der Waals surface area contributed by atoms with E-state index in [4.69, 9.17) is 5.11 Å². The summed E-state index contributed by atoms with van der Waals surface area (Å²) in [4.78, 5) is 14.7. The summed E-state index contributed by atoms with van der Waals surface area (Å²) in [6, 6.07) is 4.11. The maximum absolute atomic E-state index is 13.7. The van der Waals surface area contributed by atoms with E-state index in [0.29, 0.717) is 20.8 Å². The van der Waals surface area contributed by atoms with Crippen LogP contribution in [-0.2, 0) is 4.79 Å². The summed E-state index contributed by atoms with van der Waals surface area (Å²) in [6.07, 6.45) is 0. The Morgan fingerprint density at radius 2 is 2.38 bits per heavy atom. The molecule has 0 bridgehead atoms. The number of hydrogen-bond acceptors (Lipinski definition) is 3. The number of hydrogen-bond donors (Lipinski definition) is 1. The van der Waals surface area contributed by atoms with Crippen LogP contribution in [0.4, 0.5) is 4.39 Å². The predicted octanol–water partition coefficient (Wildman–Crippen LogP) is 2.53. The van der Waals surface area contributed by atoms with Crippen molar-refractivity contribution in [3.8, 4) is 0 Å². The molecule has 1 unspecified atom stereocenters. The first-order valence-corrected chi connectivity index (χ1v) is 6.25. The van der Waals surface area contributed by atoms with Gasteiger partial charge in [-0.2, -0.15) is 0 Å². The molecule has 0 saturated heterocycles. The number of carbonyl (C=O) groups is 1. The molecule has 84 valence electrons. The van der Waals surface area contributed by atoms with Crippen molar-refractivity contribution in [1.82, 2.24) is 0 Å². The second-order valence-corrected chi connectivity index (χ2v) is 5.06. The summed E-state index contributed by atoms with van der Waals surface area (Å²) < 4.78 is 14.0. The summed E-state index contributed by atoms with van der Waals surface area (Å²) in [5.74, 6) is -1.02. The first kappa shape index (κ1) is 11.6. The van der Waals surface area contributed by atoms with Gasteiger partial charge in [0.05, 0.1) is 4.47 Å². The van der Waals surface area contributed by atoms with Crippen molar-refractivity contribution in [3.63, 3.8) is 0 Å². The molecule has 3 nitrogen and oxygen atoms in total. The third kappa shape index (κ3) is 2.12. The molecule has 2 rings (SSSR count). The average molecular weight is 304 g/mol. The molecule has 6 heteroatoms. The molecule has 0 saturated carbocycles. The highest BCUT2D eigenvalue weighted by Crippen LogP contribution is 2.27. The van der Waals surface area contributed by atoms with Crippen LogP contribution >= 0.6 is 27.7 Å². The average Bonchev–Trinajstić information content (AvgIpc) is 2.71. The van der Waals surface area contributed by atoms with Gasteiger partial charge in [-0.3, -0.25) is 4.99 Å². The number of aliphatic imine (C=N–C) groups is 1. The first-order chi connectivity index (χ1) is 7.59. The van der Waals surface area contributed by atoms with Gasteiger partial charge in [0.15, 0.2) is 6.04 Å². The van der Waals surface area contributed by atoms with E-state index in [1.807, 2.05) is 0 Å². The number of aliphatic carboxylic acids is 1. The lowest BCUT2D eigenvalue weighted by molar-refractivity contribution is -0.137. The van der Waals surface area contributed by atoms with E-state index >= 15 is 0 Å². The fourth-order valence-corrected chi connectivity index (χ4v) is 2.73. The van der Waals surface area contributed by atoms with Gasteiger partial charge in [0.1, 0.15) is 10.9 Å². The molecule has 0 spiro atoms. The number of halogens is 2. The van der Waals surface area contributed by atoms with Crippen LogP contribution in [0.3, 0.4) is 0 Å². The molecule has 1 aromatic rings. The Morgan fingerprint density at radius 3 is 3.00 bits per heavy atom. The maximum Gasteiger partial charge on any atom is 0.329 e. The summed E-state index contributed by atoms with van der Waals surface area (Å²) >= 11 is 4.34. The molecule has 1 atom stereocenters. The van der Waals surface area contributed by atoms with Gasteiger partial charge in [0, 0.05) is 11.3 Å². The molecule has 0 aromatic heterocycles. The molecule has 0 fully saturated rings. The fourth-order valence-electron chi connectivity index (χ4n) is 1.32. The number of thioether (sulfide) groups is 1. The molecule has 1 aromatic carbocycles. The van der Waals surface area contributed by atoms with Crippen LogP contribution in [0.5, 0.6) is 0 Å². The Morgan fingerprint density at radius 1 is 1.62 bits per heavy atom. The number of carboxylic acids is 1. The van der Waals surface area contributed by atoms with Crippen molar-refractivity contribution < 1.29 is 14.3 Å². The molecule has 16 heavy (non-hydrogen) atoms. The SMILES string of the molecule is O=C(O)C1CSC(c2cccc(Br)c2F)=N1. The number of benzene rings is 1. The minimum atomic E-state index is -0.974. The Bertz CT molecular complexity index is 478. The van der Waals surface area contributed by atoms with E-state index in [1.54, 1.807) is 18.2 Å². The minimum absolute atomic E-state index is 0.350. The molecule has 0 aliphatic carbocycles. The van der Waals surface area contributed by atoms with Crippen LogP contribution in [-0.4, -0.2) is 27.9 Å². The Kier molecular flexibility index (Phi) is 3.30. The third-order valence-electron chi connectivity index (χ3n) is 2.12. The second-order valence-electron chi connectivity index (χ2n) is 3.20. The molecule has 1 N–H and O–H groups in total. The maximum atomic E-state index is 13.7. The number of nitrogens with zero attached hydrogens (tertiary/aromatic N) is 1. The van der Waals surface area contributed by atoms with Gasteiger partial charge < -0.3 is 5.11 Å². The highest BCUT2D eigenvalue weighted by atomic mass is 79.9. The Labute approximate surface area is 104 Å². The monoisotopic (exact) mass is 303 g/mol. The van der Waals surface area contributed by atoms with Crippen LogP contribution in [0.2, 0.25) is 0 Å². The van der Waals surface area contributed by atoms with Crippen LogP contribution < -0.4 is 0 Å². The lowest BCUT2D eigenvalue weighted by Gasteiger charge is -2.02. The molecule has 0 radical (unpaired) electrons. The first-order valence-electron chi connectivity index (χ1n) is 4.47. The van der Waals surface area contributed by atoms with E-state index in [-0.39, 0.29) is 0 Å².